The number of sulfone groups is 1. The molecule has 0 aromatic heterocycles. The van der Waals surface area contributed by atoms with Crippen molar-refractivity contribution < 1.29 is 53.0 Å². The zero-order chi connectivity index (χ0) is 27.1. The van der Waals surface area contributed by atoms with Gasteiger partial charge in [0.1, 0.15) is 0 Å². The Kier molecular flexibility index (Phi) is 11.3. The van der Waals surface area contributed by atoms with E-state index in [9.17, 15) is 23.4 Å². The van der Waals surface area contributed by atoms with Crippen molar-refractivity contribution in [3.63, 3.8) is 0 Å². The minimum atomic E-state index is -3.76. The molecule has 6 nitrogen and oxygen atoms in total. The molecule has 2 N–H and O–H groups in total. The first kappa shape index (κ1) is 31.0. The van der Waals surface area contributed by atoms with E-state index in [0.29, 0.717) is 29.2 Å². The number of hydrogen-bond acceptors (Lipinski definition) is 6. The third-order valence-electron chi connectivity index (χ3n) is 6.20. The Balaban J connectivity index is 0.00000420. The average Bonchev–Trinajstić information content (AvgIpc) is 2.93. The van der Waals surface area contributed by atoms with Gasteiger partial charge in [-0.1, -0.05) is 66.2 Å². The smallest absolute Gasteiger partial charge is 0.545 e. The minimum absolute atomic E-state index is 0. The Morgan fingerprint density at radius 3 is 2.23 bits per heavy atom. The van der Waals surface area contributed by atoms with Crippen molar-refractivity contribution in [1.29, 1.82) is 0 Å². The Morgan fingerprint density at radius 2 is 1.54 bits per heavy atom. The van der Waals surface area contributed by atoms with Gasteiger partial charge in [0.05, 0.1) is 21.9 Å². The summed E-state index contributed by atoms with van der Waals surface area (Å²) in [5, 5.41) is 25.3. The Labute approximate surface area is 255 Å². The summed E-state index contributed by atoms with van der Waals surface area (Å²) in [6.45, 7) is 1.11. The van der Waals surface area contributed by atoms with Crippen molar-refractivity contribution in [3.8, 4) is 11.1 Å². The van der Waals surface area contributed by atoms with Crippen LogP contribution in [0.4, 0.5) is 0 Å². The molecule has 0 aliphatic carbocycles. The number of carbonyl (C=O) groups excluding carboxylic acids is 1. The van der Waals surface area contributed by atoms with E-state index in [1.54, 1.807) is 72.8 Å². The number of aromatic carboxylic acids is 1. The molecule has 0 unspecified atom stereocenters. The Morgan fingerprint density at radius 1 is 0.872 bits per heavy atom. The molecule has 39 heavy (non-hydrogen) atoms. The second-order valence-corrected chi connectivity index (χ2v) is 11.3. The van der Waals surface area contributed by atoms with Crippen molar-refractivity contribution in [1.82, 2.24) is 5.32 Å². The molecule has 0 amide bonds. The van der Waals surface area contributed by atoms with Crippen molar-refractivity contribution in [2.75, 3.05) is 13.1 Å². The second kappa shape index (κ2) is 14.2. The number of rotatable bonds is 11. The molecule has 0 radical (unpaired) electrons. The van der Waals surface area contributed by atoms with Gasteiger partial charge in [-0.05, 0) is 89.7 Å². The van der Waals surface area contributed by atoms with Gasteiger partial charge in [0, 0.05) is 11.6 Å². The van der Waals surface area contributed by atoms with Crippen LogP contribution in [0.25, 0.3) is 11.1 Å². The van der Waals surface area contributed by atoms with E-state index in [1.807, 2.05) is 6.07 Å². The topological polar surface area (TPSA) is 107 Å². The molecule has 0 saturated carbocycles. The molecule has 0 aliphatic heterocycles. The number of halogens is 1. The zero-order valence-electron chi connectivity index (χ0n) is 21.5. The van der Waals surface area contributed by atoms with E-state index in [1.165, 1.54) is 18.2 Å². The molecule has 4 aromatic rings. The molecule has 0 heterocycles. The number of carbonyl (C=O) groups is 1. The van der Waals surface area contributed by atoms with Gasteiger partial charge in [0.25, 0.3) is 0 Å². The molecule has 0 saturated heterocycles. The molecular formula is C30H27ClNNaO5S. The summed E-state index contributed by atoms with van der Waals surface area (Å²) < 4.78 is 26.5. The third kappa shape index (κ3) is 8.25. The van der Waals surface area contributed by atoms with E-state index in [2.05, 4.69) is 5.32 Å². The third-order valence-corrected chi connectivity index (χ3v) is 8.20. The Bertz CT molecular complexity index is 1530. The van der Waals surface area contributed by atoms with Crippen molar-refractivity contribution >= 4 is 27.4 Å². The van der Waals surface area contributed by atoms with Crippen molar-refractivity contribution in [2.24, 2.45) is 0 Å². The molecule has 196 valence electrons. The summed E-state index contributed by atoms with van der Waals surface area (Å²) in [5.41, 5.74) is 2.98. The fraction of sp³-hybridized carbons (Fsp3) is 0.167. The van der Waals surface area contributed by atoms with Crippen LogP contribution in [0.1, 0.15) is 34.0 Å². The van der Waals surface area contributed by atoms with Crippen molar-refractivity contribution in [3.05, 3.63) is 119 Å². The molecule has 0 spiro atoms. The standard InChI is InChI=1S/C30H28ClNO5S.Na/c31-26-10-2-8-24(18-26)29(33)20-32-16-4-5-21-12-14-27(15-13-21)38(36,37)28-11-3-7-23(19-28)22-6-1-9-25(17-22)30(34)35;/h1-3,6-15,17-19,29,32-33H,4-5,16,20H2,(H,34,35);/q;+1/p-1/t29-;/m0./s1. The van der Waals surface area contributed by atoms with Crippen LogP contribution in [0.5, 0.6) is 0 Å². The van der Waals surface area contributed by atoms with Crippen LogP contribution >= 0.6 is 11.6 Å². The molecule has 4 aromatic carbocycles. The van der Waals surface area contributed by atoms with Gasteiger partial charge in [-0.25, -0.2) is 8.42 Å². The van der Waals surface area contributed by atoms with Gasteiger partial charge in [-0.2, -0.15) is 0 Å². The van der Waals surface area contributed by atoms with Gasteiger partial charge in [0.15, 0.2) is 0 Å². The number of benzene rings is 4. The molecule has 9 heteroatoms. The van der Waals surface area contributed by atoms with E-state index >= 15 is 0 Å². The Hall–Kier alpha value is -2.49. The van der Waals surface area contributed by atoms with Gasteiger partial charge >= 0.3 is 29.6 Å². The monoisotopic (exact) mass is 571 g/mol. The number of carboxylic acid groups (broad SMARTS) is 1. The van der Waals surface area contributed by atoms with Gasteiger partial charge in [-0.15, -0.1) is 0 Å². The average molecular weight is 572 g/mol. The van der Waals surface area contributed by atoms with E-state index in [4.69, 9.17) is 11.6 Å². The van der Waals surface area contributed by atoms with Crippen LogP contribution in [-0.4, -0.2) is 32.6 Å². The summed E-state index contributed by atoms with van der Waals surface area (Å²) in [7, 11) is -3.76. The molecule has 0 fully saturated rings. The molecule has 0 aliphatic rings. The van der Waals surface area contributed by atoms with Crippen LogP contribution < -0.4 is 40.0 Å². The fourth-order valence-corrected chi connectivity index (χ4v) is 5.63. The van der Waals surface area contributed by atoms with Crippen LogP contribution in [0.2, 0.25) is 5.02 Å². The summed E-state index contributed by atoms with van der Waals surface area (Å²) in [6.07, 6.45) is 0.932. The van der Waals surface area contributed by atoms with Crippen LogP contribution in [0, 0.1) is 0 Å². The summed E-state index contributed by atoms with van der Waals surface area (Å²) >= 11 is 5.97. The predicted molar refractivity (Wildman–Crippen MR) is 146 cm³/mol. The first-order valence-electron chi connectivity index (χ1n) is 12.1. The van der Waals surface area contributed by atoms with Crippen LogP contribution in [0.15, 0.2) is 107 Å². The predicted octanol–water partition coefficient (Wildman–Crippen LogP) is 1.46. The largest absolute Gasteiger partial charge is 1.00 e. The number of carboxylic acids is 1. The maximum Gasteiger partial charge on any atom is 1.00 e. The van der Waals surface area contributed by atoms with Crippen LogP contribution in [-0.2, 0) is 16.3 Å². The van der Waals surface area contributed by atoms with Crippen LogP contribution in [0.3, 0.4) is 0 Å². The SMILES string of the molecule is O=C([O-])c1cccc(-c2cccc(S(=O)(=O)c3ccc(CCCNC[C@H](O)c4cccc(Cl)c4)cc3)c2)c1.[Na+]. The summed E-state index contributed by atoms with van der Waals surface area (Å²) in [5.74, 6) is -1.29. The molecule has 4 rings (SSSR count). The minimum Gasteiger partial charge on any atom is -0.545 e. The number of aliphatic hydroxyl groups excluding tert-OH is 1. The van der Waals surface area contributed by atoms with Gasteiger partial charge in [0.2, 0.25) is 9.84 Å². The zero-order valence-corrected chi connectivity index (χ0v) is 25.1. The fourth-order valence-electron chi connectivity index (χ4n) is 4.13. The quantitative estimate of drug-likeness (QED) is 0.209. The van der Waals surface area contributed by atoms with Gasteiger partial charge < -0.3 is 20.3 Å². The van der Waals surface area contributed by atoms with Crippen molar-refractivity contribution in [2.45, 2.75) is 28.7 Å². The number of aryl methyl sites for hydroxylation is 1. The number of aliphatic hydroxyl groups is 1. The number of nitrogens with one attached hydrogen (secondary N) is 1. The van der Waals surface area contributed by atoms with E-state index in [0.717, 1.165) is 24.0 Å². The molecule has 1 atom stereocenters. The second-order valence-electron chi connectivity index (χ2n) is 8.92. The molecule has 0 bridgehead atoms. The molecular weight excluding hydrogens is 545 g/mol. The first-order valence-corrected chi connectivity index (χ1v) is 14.0. The maximum atomic E-state index is 13.3. The maximum absolute atomic E-state index is 13.3. The van der Waals surface area contributed by atoms with E-state index < -0.39 is 21.9 Å². The van der Waals surface area contributed by atoms with Gasteiger partial charge in [-0.3, -0.25) is 0 Å². The summed E-state index contributed by atoms with van der Waals surface area (Å²) in [6, 6.07) is 26.6. The van der Waals surface area contributed by atoms with E-state index in [-0.39, 0.29) is 44.9 Å². The summed E-state index contributed by atoms with van der Waals surface area (Å²) in [4.78, 5) is 11.5. The number of hydrogen-bond donors (Lipinski definition) is 2. The normalized spacial score (nSPS) is 11.9. The first-order chi connectivity index (χ1) is 18.2.